The van der Waals surface area contributed by atoms with Gasteiger partial charge in [0, 0.05) is 6.61 Å². The number of hydrogen-bond acceptors (Lipinski definition) is 4. The summed E-state index contributed by atoms with van der Waals surface area (Å²) in [6.45, 7) is 2.80. The highest BCUT2D eigenvalue weighted by Gasteiger charge is 2.12. The quantitative estimate of drug-likeness (QED) is 0.311. The summed E-state index contributed by atoms with van der Waals surface area (Å²) >= 11 is 0. The summed E-state index contributed by atoms with van der Waals surface area (Å²) in [5, 5.41) is 8.71. The first kappa shape index (κ1) is 17.2. The number of ether oxygens (including phenoxy) is 2. The predicted molar refractivity (Wildman–Crippen MR) is 82.6 cm³/mol. The fraction of sp³-hybridized carbons (Fsp3) is 0.471. The van der Waals surface area contributed by atoms with Crippen molar-refractivity contribution in [1.29, 1.82) is 0 Å². The lowest BCUT2D eigenvalue weighted by molar-refractivity contribution is -0.142. The van der Waals surface area contributed by atoms with E-state index in [0.717, 1.165) is 31.2 Å². The second kappa shape index (κ2) is 10.9. The second-order valence-corrected chi connectivity index (χ2v) is 4.63. The Hall–Kier alpha value is -1.81. The molecule has 0 amide bonds. The minimum absolute atomic E-state index is 0.225. The number of rotatable bonds is 10. The van der Waals surface area contributed by atoms with Gasteiger partial charge in [-0.15, -0.1) is 0 Å². The van der Waals surface area contributed by atoms with Gasteiger partial charge in [-0.2, -0.15) is 0 Å². The topological polar surface area (TPSA) is 55.8 Å². The Kier molecular flexibility index (Phi) is 8.96. The van der Waals surface area contributed by atoms with Gasteiger partial charge in [-0.3, -0.25) is 0 Å². The van der Waals surface area contributed by atoms with Gasteiger partial charge in [-0.1, -0.05) is 36.8 Å². The third-order valence-corrected chi connectivity index (χ3v) is 2.88. The molecule has 0 saturated heterocycles. The molecule has 1 aromatic rings. The van der Waals surface area contributed by atoms with E-state index in [2.05, 4.69) is 0 Å². The van der Waals surface area contributed by atoms with Crippen molar-refractivity contribution in [3.63, 3.8) is 0 Å². The number of carbonyl (C=O) groups excluding carboxylic acids is 1. The van der Waals surface area contributed by atoms with E-state index in [0.29, 0.717) is 13.2 Å². The lowest BCUT2D eigenvalue weighted by Crippen LogP contribution is -2.11. The number of esters is 1. The fourth-order valence-corrected chi connectivity index (χ4v) is 1.81. The van der Waals surface area contributed by atoms with Gasteiger partial charge in [0.05, 0.1) is 13.2 Å². The summed E-state index contributed by atoms with van der Waals surface area (Å²) in [6, 6.07) is 9.55. The standard InChI is InChI=1S/C17H24O4/c1-2-20-17(19)16(14-15-10-6-5-7-11-15)21-13-9-4-3-8-12-18/h5-7,10-11,14,18H,2-4,8-9,12-13H2,1H3. The maximum atomic E-state index is 11.9. The average molecular weight is 292 g/mol. The molecule has 4 heteroatoms. The van der Waals surface area contributed by atoms with Gasteiger partial charge in [0.1, 0.15) is 0 Å². The zero-order chi connectivity index (χ0) is 15.3. The van der Waals surface area contributed by atoms with Crippen molar-refractivity contribution in [2.24, 2.45) is 0 Å². The number of aliphatic hydroxyl groups is 1. The Morgan fingerprint density at radius 3 is 2.48 bits per heavy atom. The normalized spacial score (nSPS) is 11.2. The van der Waals surface area contributed by atoms with E-state index in [4.69, 9.17) is 14.6 Å². The molecule has 0 spiro atoms. The molecule has 0 aliphatic carbocycles. The zero-order valence-corrected chi connectivity index (χ0v) is 12.6. The number of aliphatic hydroxyl groups excluding tert-OH is 1. The Morgan fingerprint density at radius 2 is 1.81 bits per heavy atom. The monoisotopic (exact) mass is 292 g/mol. The van der Waals surface area contributed by atoms with E-state index < -0.39 is 5.97 Å². The lowest BCUT2D eigenvalue weighted by Gasteiger charge is -2.09. The number of benzene rings is 1. The molecule has 0 radical (unpaired) electrons. The van der Waals surface area contributed by atoms with E-state index in [1.165, 1.54) is 0 Å². The molecule has 1 rings (SSSR count). The Morgan fingerprint density at radius 1 is 1.10 bits per heavy atom. The Labute approximate surface area is 126 Å². The summed E-state index contributed by atoms with van der Waals surface area (Å²) in [7, 11) is 0. The van der Waals surface area contributed by atoms with E-state index in [1.807, 2.05) is 30.3 Å². The van der Waals surface area contributed by atoms with Crippen LogP contribution in [0.25, 0.3) is 6.08 Å². The molecule has 116 valence electrons. The first-order chi connectivity index (χ1) is 10.3. The first-order valence-electron chi connectivity index (χ1n) is 7.45. The van der Waals surface area contributed by atoms with E-state index >= 15 is 0 Å². The van der Waals surface area contributed by atoms with Crippen LogP contribution in [0.15, 0.2) is 36.1 Å². The molecule has 4 nitrogen and oxygen atoms in total. The molecular formula is C17H24O4. The van der Waals surface area contributed by atoms with Crippen LogP contribution in [-0.4, -0.2) is 30.9 Å². The molecule has 0 atom stereocenters. The van der Waals surface area contributed by atoms with Gasteiger partial charge in [0.15, 0.2) is 0 Å². The molecule has 0 heterocycles. The van der Waals surface area contributed by atoms with Crippen LogP contribution in [0.3, 0.4) is 0 Å². The molecule has 0 saturated carbocycles. The van der Waals surface area contributed by atoms with Crippen molar-refractivity contribution in [3.8, 4) is 0 Å². The number of hydrogen-bond donors (Lipinski definition) is 1. The van der Waals surface area contributed by atoms with Gasteiger partial charge in [-0.05, 0) is 37.8 Å². The second-order valence-electron chi connectivity index (χ2n) is 4.63. The highest BCUT2D eigenvalue weighted by Crippen LogP contribution is 2.11. The van der Waals surface area contributed by atoms with Gasteiger partial charge < -0.3 is 14.6 Å². The maximum absolute atomic E-state index is 11.9. The maximum Gasteiger partial charge on any atom is 0.373 e. The summed E-state index contributed by atoms with van der Waals surface area (Å²) in [5.41, 5.74) is 0.904. The molecular weight excluding hydrogens is 268 g/mol. The van der Waals surface area contributed by atoms with Crippen LogP contribution < -0.4 is 0 Å². The SMILES string of the molecule is CCOC(=O)C(=Cc1ccccc1)OCCCCCCO. The van der Waals surface area contributed by atoms with Crippen molar-refractivity contribution in [1.82, 2.24) is 0 Å². The number of carbonyl (C=O) groups is 1. The molecule has 1 aromatic carbocycles. The van der Waals surface area contributed by atoms with E-state index in [1.54, 1.807) is 13.0 Å². The third kappa shape index (κ3) is 7.51. The zero-order valence-electron chi connectivity index (χ0n) is 12.6. The van der Waals surface area contributed by atoms with Crippen molar-refractivity contribution in [2.75, 3.05) is 19.8 Å². The number of unbranched alkanes of at least 4 members (excludes halogenated alkanes) is 3. The van der Waals surface area contributed by atoms with Crippen molar-refractivity contribution < 1.29 is 19.4 Å². The van der Waals surface area contributed by atoms with Crippen LogP contribution in [0.1, 0.15) is 38.2 Å². The summed E-state index contributed by atoms with van der Waals surface area (Å²) in [5.74, 6) is -0.193. The Bertz CT molecular complexity index is 426. The Balaban J connectivity index is 2.53. The molecule has 0 unspecified atom stereocenters. The third-order valence-electron chi connectivity index (χ3n) is 2.88. The van der Waals surface area contributed by atoms with Crippen LogP contribution in [0.5, 0.6) is 0 Å². The molecule has 1 N–H and O–H groups in total. The molecule has 0 aliphatic heterocycles. The van der Waals surface area contributed by atoms with E-state index in [9.17, 15) is 4.79 Å². The highest BCUT2D eigenvalue weighted by molar-refractivity contribution is 5.91. The average Bonchev–Trinajstić information content (AvgIpc) is 2.50. The van der Waals surface area contributed by atoms with Crippen LogP contribution in [0, 0.1) is 0 Å². The van der Waals surface area contributed by atoms with Crippen LogP contribution in [0.4, 0.5) is 0 Å². The molecule has 0 aromatic heterocycles. The van der Waals surface area contributed by atoms with Gasteiger partial charge >= 0.3 is 5.97 Å². The first-order valence-corrected chi connectivity index (χ1v) is 7.45. The van der Waals surface area contributed by atoms with Crippen LogP contribution in [-0.2, 0) is 14.3 Å². The summed E-state index contributed by atoms with van der Waals surface area (Å²) in [6.07, 6.45) is 5.31. The van der Waals surface area contributed by atoms with Crippen LogP contribution >= 0.6 is 0 Å². The lowest BCUT2D eigenvalue weighted by atomic mass is 10.2. The smallest absolute Gasteiger partial charge is 0.373 e. The van der Waals surface area contributed by atoms with Crippen molar-refractivity contribution in [3.05, 3.63) is 41.7 Å². The molecule has 0 fully saturated rings. The summed E-state index contributed by atoms with van der Waals surface area (Å²) < 4.78 is 10.6. The minimum Gasteiger partial charge on any atom is -0.487 e. The largest absolute Gasteiger partial charge is 0.487 e. The van der Waals surface area contributed by atoms with Gasteiger partial charge in [-0.25, -0.2) is 4.79 Å². The summed E-state index contributed by atoms with van der Waals surface area (Å²) in [4.78, 5) is 11.9. The highest BCUT2D eigenvalue weighted by atomic mass is 16.6. The van der Waals surface area contributed by atoms with Gasteiger partial charge in [0.2, 0.25) is 5.76 Å². The fourth-order valence-electron chi connectivity index (χ4n) is 1.81. The van der Waals surface area contributed by atoms with Gasteiger partial charge in [0.25, 0.3) is 0 Å². The molecule has 0 bridgehead atoms. The molecule has 21 heavy (non-hydrogen) atoms. The van der Waals surface area contributed by atoms with Crippen molar-refractivity contribution >= 4 is 12.0 Å². The molecule has 0 aliphatic rings. The van der Waals surface area contributed by atoms with Crippen molar-refractivity contribution in [2.45, 2.75) is 32.6 Å². The van der Waals surface area contributed by atoms with Crippen LogP contribution in [0.2, 0.25) is 0 Å². The minimum atomic E-state index is -0.434. The predicted octanol–water partition coefficient (Wildman–Crippen LogP) is 3.16. The van der Waals surface area contributed by atoms with E-state index in [-0.39, 0.29) is 12.4 Å².